The first kappa shape index (κ1) is 15.0. The Balaban J connectivity index is 1.62. The van der Waals surface area contributed by atoms with E-state index in [1.54, 1.807) is 24.3 Å². The molecule has 1 unspecified atom stereocenters. The molecule has 0 bridgehead atoms. The van der Waals surface area contributed by atoms with Crippen LogP contribution < -0.4 is 10.6 Å². The number of benzene rings is 1. The summed E-state index contributed by atoms with van der Waals surface area (Å²) in [4.78, 5) is 24.2. The highest BCUT2D eigenvalue weighted by Gasteiger charge is 2.36. The fourth-order valence-electron chi connectivity index (χ4n) is 2.64. The van der Waals surface area contributed by atoms with Gasteiger partial charge in [0.05, 0.1) is 11.6 Å². The van der Waals surface area contributed by atoms with Crippen LogP contribution in [-0.2, 0) is 4.74 Å². The van der Waals surface area contributed by atoms with Crippen molar-refractivity contribution >= 4 is 11.8 Å². The van der Waals surface area contributed by atoms with Gasteiger partial charge in [-0.25, -0.2) is 0 Å². The molecular weight excluding hydrogens is 280 g/mol. The van der Waals surface area contributed by atoms with Crippen molar-refractivity contribution in [2.45, 2.75) is 50.8 Å². The van der Waals surface area contributed by atoms with Crippen LogP contribution in [0.1, 0.15) is 53.8 Å². The van der Waals surface area contributed by atoms with Gasteiger partial charge >= 0.3 is 0 Å². The zero-order chi connectivity index (χ0) is 15.7. The van der Waals surface area contributed by atoms with Gasteiger partial charge in [-0.15, -0.1) is 0 Å². The van der Waals surface area contributed by atoms with Crippen molar-refractivity contribution in [2.75, 3.05) is 6.61 Å². The van der Waals surface area contributed by atoms with Gasteiger partial charge in [0, 0.05) is 23.8 Å². The summed E-state index contributed by atoms with van der Waals surface area (Å²) in [6, 6.07) is 7.13. The van der Waals surface area contributed by atoms with E-state index >= 15 is 0 Å². The highest BCUT2D eigenvalue weighted by atomic mass is 16.5. The van der Waals surface area contributed by atoms with E-state index in [1.165, 1.54) is 0 Å². The molecule has 1 aliphatic carbocycles. The van der Waals surface area contributed by atoms with Gasteiger partial charge in [-0.1, -0.05) is 0 Å². The van der Waals surface area contributed by atoms with E-state index < -0.39 is 0 Å². The van der Waals surface area contributed by atoms with Crippen LogP contribution in [0, 0.1) is 0 Å². The molecule has 3 rings (SSSR count). The summed E-state index contributed by atoms with van der Waals surface area (Å²) in [7, 11) is 0. The minimum absolute atomic E-state index is 0.0119. The van der Waals surface area contributed by atoms with Crippen molar-refractivity contribution in [2.24, 2.45) is 0 Å². The number of amides is 2. The summed E-state index contributed by atoms with van der Waals surface area (Å²) in [5, 5.41) is 5.94. The molecule has 1 saturated carbocycles. The van der Waals surface area contributed by atoms with Gasteiger partial charge in [0.25, 0.3) is 11.8 Å². The van der Waals surface area contributed by atoms with Crippen molar-refractivity contribution in [3.8, 4) is 0 Å². The summed E-state index contributed by atoms with van der Waals surface area (Å²) in [6.45, 7) is 4.63. The van der Waals surface area contributed by atoms with E-state index in [2.05, 4.69) is 10.6 Å². The highest BCUT2D eigenvalue weighted by molar-refractivity contribution is 5.98. The number of carbonyl (C=O) groups is 2. The maximum atomic E-state index is 12.3. The first-order valence-electron chi connectivity index (χ1n) is 7.81. The van der Waals surface area contributed by atoms with Crippen LogP contribution in [0.3, 0.4) is 0 Å². The Morgan fingerprint density at radius 2 is 1.55 bits per heavy atom. The Hall–Kier alpha value is -1.88. The molecule has 2 amide bonds. The van der Waals surface area contributed by atoms with Crippen molar-refractivity contribution in [3.05, 3.63) is 35.4 Å². The van der Waals surface area contributed by atoms with Crippen LogP contribution in [0.4, 0.5) is 0 Å². The predicted molar refractivity (Wildman–Crippen MR) is 82.8 cm³/mol. The van der Waals surface area contributed by atoms with E-state index in [0.29, 0.717) is 23.8 Å². The smallest absolute Gasteiger partial charge is 0.251 e. The molecule has 1 aliphatic heterocycles. The van der Waals surface area contributed by atoms with E-state index in [9.17, 15) is 9.59 Å². The Bertz CT molecular complexity index is 576. The molecule has 5 heteroatoms. The molecule has 2 aliphatic rings. The monoisotopic (exact) mass is 302 g/mol. The van der Waals surface area contributed by atoms with Crippen LogP contribution in [0.2, 0.25) is 0 Å². The lowest BCUT2D eigenvalue weighted by molar-refractivity contribution is 0.0213. The van der Waals surface area contributed by atoms with Gasteiger partial charge in [0.15, 0.2) is 0 Å². The topological polar surface area (TPSA) is 67.4 Å². The number of carbonyl (C=O) groups excluding carboxylic acids is 2. The van der Waals surface area contributed by atoms with Gasteiger partial charge in [-0.05, 0) is 57.4 Å². The quantitative estimate of drug-likeness (QED) is 0.892. The molecule has 2 N–H and O–H groups in total. The molecule has 0 spiro atoms. The number of rotatable bonds is 4. The van der Waals surface area contributed by atoms with Crippen molar-refractivity contribution in [1.29, 1.82) is 0 Å². The summed E-state index contributed by atoms with van der Waals surface area (Å²) < 4.78 is 5.62. The minimum atomic E-state index is -0.334. The fourth-order valence-corrected chi connectivity index (χ4v) is 2.64. The molecule has 1 heterocycles. The maximum absolute atomic E-state index is 12.3. The van der Waals surface area contributed by atoms with Gasteiger partial charge in [0.1, 0.15) is 0 Å². The van der Waals surface area contributed by atoms with Gasteiger partial charge in [-0.2, -0.15) is 0 Å². The average Bonchev–Trinajstić information content (AvgIpc) is 3.23. The lowest BCUT2D eigenvalue weighted by Crippen LogP contribution is -2.46. The second-order valence-corrected chi connectivity index (χ2v) is 6.59. The lowest BCUT2D eigenvalue weighted by atomic mass is 9.98. The third-order valence-electron chi connectivity index (χ3n) is 4.35. The number of hydrogen-bond donors (Lipinski definition) is 2. The normalized spacial score (nSPS) is 23.1. The summed E-state index contributed by atoms with van der Waals surface area (Å²) in [5.74, 6) is -0.197. The molecule has 1 aromatic rings. The Kier molecular flexibility index (Phi) is 3.91. The zero-order valence-electron chi connectivity index (χ0n) is 13.0. The Labute approximate surface area is 130 Å². The largest absolute Gasteiger partial charge is 0.373 e. The van der Waals surface area contributed by atoms with E-state index in [0.717, 1.165) is 19.3 Å². The fraction of sp³-hybridized carbons (Fsp3) is 0.529. The van der Waals surface area contributed by atoms with Crippen LogP contribution in [-0.4, -0.2) is 36.1 Å². The molecule has 2 fully saturated rings. The highest BCUT2D eigenvalue weighted by Crippen LogP contribution is 2.25. The van der Waals surface area contributed by atoms with Crippen LogP contribution >= 0.6 is 0 Å². The first-order chi connectivity index (χ1) is 10.5. The van der Waals surface area contributed by atoms with Crippen molar-refractivity contribution < 1.29 is 14.3 Å². The SMILES string of the molecule is CC1(C)OCCC1NC(=O)c1ccc(C(=O)NC2CC2)cc1. The van der Waals surface area contributed by atoms with E-state index in [1.807, 2.05) is 13.8 Å². The zero-order valence-corrected chi connectivity index (χ0v) is 13.0. The molecule has 1 saturated heterocycles. The molecule has 1 aromatic carbocycles. The summed E-state index contributed by atoms with van der Waals surface area (Å²) in [5.41, 5.74) is 0.818. The molecule has 1 atom stereocenters. The molecule has 5 nitrogen and oxygen atoms in total. The van der Waals surface area contributed by atoms with Crippen LogP contribution in [0.5, 0.6) is 0 Å². The van der Waals surface area contributed by atoms with Crippen LogP contribution in [0.25, 0.3) is 0 Å². The predicted octanol–water partition coefficient (Wildman–Crippen LogP) is 1.88. The Morgan fingerprint density at radius 3 is 2.00 bits per heavy atom. The van der Waals surface area contributed by atoms with Gasteiger partial charge < -0.3 is 15.4 Å². The molecule has 118 valence electrons. The van der Waals surface area contributed by atoms with E-state index in [-0.39, 0.29) is 23.5 Å². The van der Waals surface area contributed by atoms with Crippen LogP contribution in [0.15, 0.2) is 24.3 Å². The molecular formula is C17H22N2O3. The number of hydrogen-bond acceptors (Lipinski definition) is 3. The Morgan fingerprint density at radius 1 is 1.00 bits per heavy atom. The summed E-state index contributed by atoms with van der Waals surface area (Å²) >= 11 is 0. The molecule has 0 radical (unpaired) electrons. The first-order valence-corrected chi connectivity index (χ1v) is 7.81. The third-order valence-corrected chi connectivity index (χ3v) is 4.35. The van der Waals surface area contributed by atoms with E-state index in [4.69, 9.17) is 4.74 Å². The molecule has 22 heavy (non-hydrogen) atoms. The maximum Gasteiger partial charge on any atom is 0.251 e. The number of ether oxygens (including phenoxy) is 1. The average molecular weight is 302 g/mol. The second-order valence-electron chi connectivity index (χ2n) is 6.59. The standard InChI is InChI=1S/C17H22N2O3/c1-17(2)14(9-10-22-17)19-16(21)12-5-3-11(4-6-12)15(20)18-13-7-8-13/h3-6,13-14H,7-10H2,1-2H3,(H,18,20)(H,19,21). The van der Waals surface area contributed by atoms with Gasteiger partial charge in [0.2, 0.25) is 0 Å². The lowest BCUT2D eigenvalue weighted by Gasteiger charge is -2.26. The molecule has 0 aromatic heterocycles. The van der Waals surface area contributed by atoms with Crippen molar-refractivity contribution in [3.63, 3.8) is 0 Å². The third kappa shape index (κ3) is 3.30. The number of nitrogens with one attached hydrogen (secondary N) is 2. The minimum Gasteiger partial charge on any atom is -0.373 e. The van der Waals surface area contributed by atoms with Crippen molar-refractivity contribution in [1.82, 2.24) is 10.6 Å². The second kappa shape index (κ2) is 5.72. The summed E-state index contributed by atoms with van der Waals surface area (Å²) in [6.07, 6.45) is 2.94. The van der Waals surface area contributed by atoms with Gasteiger partial charge in [-0.3, -0.25) is 9.59 Å².